The quantitative estimate of drug-likeness (QED) is 0.796. The highest BCUT2D eigenvalue weighted by Gasteiger charge is 2.16. The molecule has 21 heavy (non-hydrogen) atoms. The van der Waals surface area contributed by atoms with Gasteiger partial charge in [-0.15, -0.1) is 0 Å². The van der Waals surface area contributed by atoms with Gasteiger partial charge >= 0.3 is 0 Å². The second kappa shape index (κ2) is 5.54. The minimum atomic E-state index is -0.700. The van der Waals surface area contributed by atoms with E-state index in [9.17, 15) is 5.11 Å². The molecular formula is C18H17NO2. The molecule has 3 rings (SSSR count). The molecule has 1 N–H and O–H groups in total. The van der Waals surface area contributed by atoms with Crippen LogP contribution in [0.15, 0.2) is 54.9 Å². The summed E-state index contributed by atoms with van der Waals surface area (Å²) in [5.74, 6) is 0.791. The molecule has 2 aromatic carbocycles. The molecule has 0 bridgehead atoms. The summed E-state index contributed by atoms with van der Waals surface area (Å²) in [4.78, 5) is 4.24. The van der Waals surface area contributed by atoms with Crippen LogP contribution in [0.1, 0.15) is 22.8 Å². The molecule has 3 aromatic rings. The first-order valence-corrected chi connectivity index (χ1v) is 6.86. The van der Waals surface area contributed by atoms with E-state index in [1.807, 2.05) is 55.6 Å². The maximum Gasteiger partial charge on any atom is 0.119 e. The molecule has 0 amide bonds. The van der Waals surface area contributed by atoms with Crippen LogP contribution in [0.25, 0.3) is 10.8 Å². The monoisotopic (exact) mass is 279 g/mol. The van der Waals surface area contributed by atoms with Gasteiger partial charge in [0.2, 0.25) is 0 Å². The Hall–Kier alpha value is -2.39. The van der Waals surface area contributed by atoms with Crippen molar-refractivity contribution in [1.29, 1.82) is 0 Å². The van der Waals surface area contributed by atoms with Crippen LogP contribution in [0, 0.1) is 6.92 Å². The van der Waals surface area contributed by atoms with Gasteiger partial charge in [0.15, 0.2) is 0 Å². The van der Waals surface area contributed by atoms with Gasteiger partial charge in [0.1, 0.15) is 11.9 Å². The number of ether oxygens (including phenoxy) is 1. The Bertz CT molecular complexity index is 778. The first-order valence-electron chi connectivity index (χ1n) is 6.86. The van der Waals surface area contributed by atoms with Gasteiger partial charge in [0.05, 0.1) is 7.11 Å². The molecule has 3 nitrogen and oxygen atoms in total. The minimum Gasteiger partial charge on any atom is -0.497 e. The van der Waals surface area contributed by atoms with Crippen LogP contribution in [0.5, 0.6) is 5.75 Å². The molecular weight excluding hydrogens is 262 g/mol. The van der Waals surface area contributed by atoms with E-state index in [1.54, 1.807) is 13.3 Å². The SMILES string of the molecule is COc1ccc(C(O)c2cncc3ccccc23)c(C)c1. The predicted molar refractivity (Wildman–Crippen MR) is 83.5 cm³/mol. The van der Waals surface area contributed by atoms with Gasteiger partial charge in [-0.3, -0.25) is 4.98 Å². The molecule has 106 valence electrons. The van der Waals surface area contributed by atoms with Crippen molar-refractivity contribution in [3.63, 3.8) is 0 Å². The van der Waals surface area contributed by atoms with Crippen molar-refractivity contribution in [3.8, 4) is 5.75 Å². The Morgan fingerprint density at radius 2 is 1.86 bits per heavy atom. The fourth-order valence-electron chi connectivity index (χ4n) is 2.61. The standard InChI is InChI=1S/C18H17NO2/c1-12-9-14(21-2)7-8-15(12)18(20)17-11-19-10-13-5-3-4-6-16(13)17/h3-11,18,20H,1-2H3. The van der Waals surface area contributed by atoms with Gasteiger partial charge < -0.3 is 9.84 Å². The molecule has 3 heteroatoms. The second-order valence-corrected chi connectivity index (χ2v) is 5.07. The summed E-state index contributed by atoms with van der Waals surface area (Å²) in [5, 5.41) is 12.8. The van der Waals surface area contributed by atoms with Crippen molar-refractivity contribution in [3.05, 3.63) is 71.5 Å². The zero-order valence-corrected chi connectivity index (χ0v) is 12.1. The number of hydrogen-bond acceptors (Lipinski definition) is 3. The van der Waals surface area contributed by atoms with Crippen LogP contribution in [0.3, 0.4) is 0 Å². The Morgan fingerprint density at radius 3 is 2.62 bits per heavy atom. The average molecular weight is 279 g/mol. The Balaban J connectivity index is 2.10. The van der Waals surface area contributed by atoms with Gasteiger partial charge in [-0.05, 0) is 35.6 Å². The fourth-order valence-corrected chi connectivity index (χ4v) is 2.61. The van der Waals surface area contributed by atoms with Crippen LogP contribution in [-0.2, 0) is 0 Å². The molecule has 0 aliphatic rings. The van der Waals surface area contributed by atoms with Crippen LogP contribution < -0.4 is 4.74 Å². The summed E-state index contributed by atoms with van der Waals surface area (Å²) in [7, 11) is 1.64. The molecule has 0 saturated carbocycles. The number of fused-ring (bicyclic) bond motifs is 1. The van der Waals surface area contributed by atoms with Crippen LogP contribution in [0.4, 0.5) is 0 Å². The number of aromatic nitrogens is 1. The summed E-state index contributed by atoms with van der Waals surface area (Å²) in [6, 6.07) is 13.6. The summed E-state index contributed by atoms with van der Waals surface area (Å²) in [6.45, 7) is 1.97. The molecule has 0 radical (unpaired) electrons. The largest absolute Gasteiger partial charge is 0.497 e. The summed E-state index contributed by atoms with van der Waals surface area (Å²) in [6.07, 6.45) is 2.85. The smallest absolute Gasteiger partial charge is 0.119 e. The third-order valence-electron chi connectivity index (χ3n) is 3.77. The number of pyridine rings is 1. The predicted octanol–water partition coefficient (Wildman–Crippen LogP) is 3.63. The van der Waals surface area contributed by atoms with Crippen molar-refractivity contribution in [2.45, 2.75) is 13.0 Å². The number of nitrogens with zero attached hydrogens (tertiary/aromatic N) is 1. The zero-order chi connectivity index (χ0) is 14.8. The highest BCUT2D eigenvalue weighted by Crippen LogP contribution is 2.31. The third-order valence-corrected chi connectivity index (χ3v) is 3.77. The van der Waals surface area contributed by atoms with Crippen LogP contribution >= 0.6 is 0 Å². The Morgan fingerprint density at radius 1 is 1.05 bits per heavy atom. The normalized spacial score (nSPS) is 12.3. The van der Waals surface area contributed by atoms with E-state index in [4.69, 9.17) is 4.74 Å². The molecule has 0 aliphatic heterocycles. The number of rotatable bonds is 3. The van der Waals surface area contributed by atoms with Gasteiger partial charge in [-0.2, -0.15) is 0 Å². The number of methoxy groups -OCH3 is 1. The van der Waals surface area contributed by atoms with Crippen molar-refractivity contribution < 1.29 is 9.84 Å². The number of aryl methyl sites for hydroxylation is 1. The maximum atomic E-state index is 10.8. The minimum absolute atomic E-state index is 0.700. The highest BCUT2D eigenvalue weighted by atomic mass is 16.5. The van der Waals surface area contributed by atoms with E-state index < -0.39 is 6.10 Å². The molecule has 0 saturated heterocycles. The van der Waals surface area contributed by atoms with E-state index >= 15 is 0 Å². The topological polar surface area (TPSA) is 42.4 Å². The summed E-state index contributed by atoms with van der Waals surface area (Å²) >= 11 is 0. The van der Waals surface area contributed by atoms with Crippen LogP contribution in [0.2, 0.25) is 0 Å². The Kier molecular flexibility index (Phi) is 3.59. The second-order valence-electron chi connectivity index (χ2n) is 5.07. The van der Waals surface area contributed by atoms with Crippen molar-refractivity contribution >= 4 is 10.8 Å². The summed E-state index contributed by atoms with van der Waals surface area (Å²) in [5.41, 5.74) is 2.69. The molecule has 1 aromatic heterocycles. The molecule has 1 atom stereocenters. The van der Waals surface area contributed by atoms with E-state index in [0.29, 0.717) is 0 Å². The van der Waals surface area contributed by atoms with Gasteiger partial charge in [0, 0.05) is 23.3 Å². The van der Waals surface area contributed by atoms with E-state index in [1.165, 1.54) is 0 Å². The number of aliphatic hydroxyl groups excluding tert-OH is 1. The lowest BCUT2D eigenvalue weighted by Crippen LogP contribution is -2.03. The van der Waals surface area contributed by atoms with Crippen LogP contribution in [-0.4, -0.2) is 17.2 Å². The van der Waals surface area contributed by atoms with Gasteiger partial charge in [-0.25, -0.2) is 0 Å². The lowest BCUT2D eigenvalue weighted by atomic mass is 9.95. The van der Waals surface area contributed by atoms with Gasteiger partial charge in [-0.1, -0.05) is 30.3 Å². The maximum absolute atomic E-state index is 10.8. The number of benzene rings is 2. The number of aliphatic hydroxyl groups is 1. The Labute approximate surface area is 123 Å². The van der Waals surface area contributed by atoms with E-state index in [-0.39, 0.29) is 0 Å². The van der Waals surface area contributed by atoms with Crippen molar-refractivity contribution in [2.24, 2.45) is 0 Å². The average Bonchev–Trinajstić information content (AvgIpc) is 2.53. The highest BCUT2D eigenvalue weighted by molar-refractivity contribution is 5.85. The van der Waals surface area contributed by atoms with E-state index in [2.05, 4.69) is 4.98 Å². The first kappa shape index (κ1) is 13.6. The fraction of sp³-hybridized carbons (Fsp3) is 0.167. The zero-order valence-electron chi connectivity index (χ0n) is 12.1. The molecule has 1 unspecified atom stereocenters. The van der Waals surface area contributed by atoms with Gasteiger partial charge in [0.25, 0.3) is 0 Å². The van der Waals surface area contributed by atoms with Crippen molar-refractivity contribution in [2.75, 3.05) is 7.11 Å². The van der Waals surface area contributed by atoms with E-state index in [0.717, 1.165) is 33.2 Å². The lowest BCUT2D eigenvalue weighted by molar-refractivity contribution is 0.220. The molecule has 0 spiro atoms. The van der Waals surface area contributed by atoms with Crippen molar-refractivity contribution in [1.82, 2.24) is 4.98 Å². The number of hydrogen-bond donors (Lipinski definition) is 1. The molecule has 1 heterocycles. The first-order chi connectivity index (χ1) is 10.2. The molecule has 0 aliphatic carbocycles. The molecule has 0 fully saturated rings. The lowest BCUT2D eigenvalue weighted by Gasteiger charge is -2.16. The third kappa shape index (κ3) is 2.48. The summed E-state index contributed by atoms with van der Waals surface area (Å²) < 4.78 is 5.21.